The standard InChI is InChI=1S/C22H26O6/c1-25-21-22(24)12-17(23)18(28-21)19(26-13-15-8-4-2-5-9-15)20(22)27-14-16-10-6-3-7-11-16/h2-11,17-21,23-24H,12-14H2,1H3/t17-,18-,19-,20+,21-,22-/m0/s1. The molecular weight excluding hydrogens is 360 g/mol. The van der Waals surface area contributed by atoms with Crippen molar-refractivity contribution in [3.05, 3.63) is 71.8 Å². The molecule has 0 spiro atoms. The summed E-state index contributed by atoms with van der Waals surface area (Å²) < 4.78 is 23.4. The summed E-state index contributed by atoms with van der Waals surface area (Å²) >= 11 is 0. The lowest BCUT2D eigenvalue weighted by Gasteiger charge is -2.57. The lowest BCUT2D eigenvalue weighted by Crippen LogP contribution is -2.75. The fraction of sp³-hybridized carbons (Fsp3) is 0.455. The highest BCUT2D eigenvalue weighted by Gasteiger charge is 2.64. The number of hydrogen-bond acceptors (Lipinski definition) is 6. The Morgan fingerprint density at radius 3 is 2.11 bits per heavy atom. The van der Waals surface area contributed by atoms with Gasteiger partial charge in [0.25, 0.3) is 0 Å². The van der Waals surface area contributed by atoms with Crippen LogP contribution in [0.2, 0.25) is 0 Å². The first-order valence-corrected chi connectivity index (χ1v) is 9.51. The molecule has 6 heteroatoms. The van der Waals surface area contributed by atoms with Crippen molar-refractivity contribution in [1.29, 1.82) is 0 Å². The van der Waals surface area contributed by atoms with Gasteiger partial charge in [-0.3, -0.25) is 0 Å². The summed E-state index contributed by atoms with van der Waals surface area (Å²) in [5.74, 6) is 0. The van der Waals surface area contributed by atoms with Crippen molar-refractivity contribution in [2.75, 3.05) is 7.11 Å². The molecule has 0 unspecified atom stereocenters. The highest BCUT2D eigenvalue weighted by Crippen LogP contribution is 2.44. The van der Waals surface area contributed by atoms with Crippen LogP contribution in [0.1, 0.15) is 17.5 Å². The summed E-state index contributed by atoms with van der Waals surface area (Å²) in [6, 6.07) is 19.5. The number of rotatable bonds is 7. The third-order valence-corrected chi connectivity index (χ3v) is 5.49. The minimum Gasteiger partial charge on any atom is -0.390 e. The van der Waals surface area contributed by atoms with Crippen LogP contribution in [0, 0.1) is 0 Å². The molecule has 6 nitrogen and oxygen atoms in total. The monoisotopic (exact) mass is 386 g/mol. The summed E-state index contributed by atoms with van der Waals surface area (Å²) in [5, 5.41) is 21.8. The van der Waals surface area contributed by atoms with E-state index in [-0.39, 0.29) is 6.42 Å². The Kier molecular flexibility index (Phi) is 5.78. The third-order valence-electron chi connectivity index (χ3n) is 5.49. The predicted molar refractivity (Wildman–Crippen MR) is 101 cm³/mol. The molecule has 2 aromatic carbocycles. The van der Waals surface area contributed by atoms with E-state index in [1.807, 2.05) is 60.7 Å². The van der Waals surface area contributed by atoms with Gasteiger partial charge in [0.2, 0.25) is 0 Å². The van der Waals surface area contributed by atoms with E-state index in [4.69, 9.17) is 18.9 Å². The van der Waals surface area contributed by atoms with E-state index in [1.54, 1.807) is 0 Å². The van der Waals surface area contributed by atoms with Crippen molar-refractivity contribution in [1.82, 2.24) is 0 Å². The van der Waals surface area contributed by atoms with Crippen LogP contribution in [0.25, 0.3) is 0 Å². The second-order valence-electron chi connectivity index (χ2n) is 7.41. The molecule has 0 amide bonds. The van der Waals surface area contributed by atoms with Crippen LogP contribution in [-0.4, -0.2) is 53.6 Å². The van der Waals surface area contributed by atoms with Gasteiger partial charge in [0, 0.05) is 13.5 Å². The molecule has 2 heterocycles. The van der Waals surface area contributed by atoms with Gasteiger partial charge in [-0.2, -0.15) is 0 Å². The largest absolute Gasteiger partial charge is 0.390 e. The second kappa shape index (κ2) is 8.29. The molecule has 2 saturated heterocycles. The molecular formula is C22H26O6. The van der Waals surface area contributed by atoms with Crippen LogP contribution >= 0.6 is 0 Å². The molecule has 3 aliphatic rings. The first-order chi connectivity index (χ1) is 13.6. The smallest absolute Gasteiger partial charge is 0.189 e. The SMILES string of the molecule is CO[C@H]1O[C@@H]2[C@H](OCc3ccccc3)[C@@H](OCc3ccccc3)[C@@]1(O)C[C@@H]2O. The maximum absolute atomic E-state index is 11.3. The minimum atomic E-state index is -1.50. The van der Waals surface area contributed by atoms with E-state index in [0.717, 1.165) is 11.1 Å². The molecule has 150 valence electrons. The number of hydrogen-bond donors (Lipinski definition) is 2. The summed E-state index contributed by atoms with van der Waals surface area (Å²) in [6.07, 6.45) is -3.57. The van der Waals surface area contributed by atoms with Crippen molar-refractivity contribution < 1.29 is 29.2 Å². The number of methoxy groups -OCH3 is 1. The van der Waals surface area contributed by atoms with Gasteiger partial charge in [0.05, 0.1) is 19.3 Å². The Hall–Kier alpha value is -1.80. The van der Waals surface area contributed by atoms with Crippen LogP contribution in [0.5, 0.6) is 0 Å². The average molecular weight is 386 g/mol. The first kappa shape index (κ1) is 19.5. The van der Waals surface area contributed by atoms with Gasteiger partial charge >= 0.3 is 0 Å². The summed E-state index contributed by atoms with van der Waals surface area (Å²) in [7, 11) is 1.48. The molecule has 6 atom stereocenters. The van der Waals surface area contributed by atoms with Gasteiger partial charge in [-0.15, -0.1) is 0 Å². The van der Waals surface area contributed by atoms with Crippen molar-refractivity contribution in [2.24, 2.45) is 0 Å². The van der Waals surface area contributed by atoms with Gasteiger partial charge in [0.15, 0.2) is 6.29 Å². The number of fused-ring (bicyclic) bond motifs is 3. The highest BCUT2D eigenvalue weighted by molar-refractivity contribution is 5.16. The Morgan fingerprint density at radius 2 is 1.54 bits per heavy atom. The molecule has 28 heavy (non-hydrogen) atoms. The van der Waals surface area contributed by atoms with Crippen molar-refractivity contribution in [2.45, 2.75) is 55.9 Å². The van der Waals surface area contributed by atoms with E-state index in [9.17, 15) is 10.2 Å². The van der Waals surface area contributed by atoms with Crippen molar-refractivity contribution in [3.63, 3.8) is 0 Å². The molecule has 0 radical (unpaired) electrons. The average Bonchev–Trinajstić information content (AvgIpc) is 2.72. The van der Waals surface area contributed by atoms with E-state index in [1.165, 1.54) is 7.11 Å². The molecule has 3 fully saturated rings. The quantitative estimate of drug-likeness (QED) is 0.758. The zero-order chi connectivity index (χ0) is 19.6. The van der Waals surface area contributed by atoms with E-state index in [0.29, 0.717) is 13.2 Å². The fourth-order valence-electron chi connectivity index (χ4n) is 4.11. The lowest BCUT2D eigenvalue weighted by atomic mass is 9.73. The highest BCUT2D eigenvalue weighted by atomic mass is 16.7. The van der Waals surface area contributed by atoms with Crippen LogP contribution in [-0.2, 0) is 32.2 Å². The van der Waals surface area contributed by atoms with Crippen LogP contribution in [0.15, 0.2) is 60.7 Å². The van der Waals surface area contributed by atoms with Crippen molar-refractivity contribution in [3.8, 4) is 0 Å². The molecule has 1 aliphatic carbocycles. The maximum Gasteiger partial charge on any atom is 0.189 e. The van der Waals surface area contributed by atoms with E-state index < -0.39 is 36.3 Å². The number of benzene rings is 2. The Labute approximate surface area is 164 Å². The predicted octanol–water partition coefficient (Wildman–Crippen LogP) is 2.02. The van der Waals surface area contributed by atoms with Gasteiger partial charge in [0.1, 0.15) is 23.9 Å². The normalized spacial score (nSPS) is 34.5. The van der Waals surface area contributed by atoms with Crippen LogP contribution < -0.4 is 0 Å². The van der Waals surface area contributed by atoms with E-state index >= 15 is 0 Å². The molecule has 2 N–H and O–H groups in total. The molecule has 2 aliphatic heterocycles. The maximum atomic E-state index is 11.3. The Morgan fingerprint density at radius 1 is 0.964 bits per heavy atom. The second-order valence-corrected chi connectivity index (χ2v) is 7.41. The number of aliphatic hydroxyl groups is 2. The van der Waals surface area contributed by atoms with Crippen LogP contribution in [0.4, 0.5) is 0 Å². The summed E-state index contributed by atoms with van der Waals surface area (Å²) in [6.45, 7) is 0.648. The van der Waals surface area contributed by atoms with Crippen molar-refractivity contribution >= 4 is 0 Å². The van der Waals surface area contributed by atoms with Gasteiger partial charge in [-0.1, -0.05) is 60.7 Å². The van der Waals surface area contributed by atoms with Gasteiger partial charge in [-0.25, -0.2) is 0 Å². The minimum absolute atomic E-state index is 0.112. The van der Waals surface area contributed by atoms with Gasteiger partial charge < -0.3 is 29.2 Å². The molecule has 0 aromatic heterocycles. The van der Waals surface area contributed by atoms with E-state index in [2.05, 4.69) is 0 Å². The lowest BCUT2D eigenvalue weighted by molar-refractivity contribution is -0.391. The summed E-state index contributed by atoms with van der Waals surface area (Å²) in [4.78, 5) is 0. The Bertz CT molecular complexity index is 754. The first-order valence-electron chi connectivity index (χ1n) is 9.51. The van der Waals surface area contributed by atoms with Gasteiger partial charge in [-0.05, 0) is 11.1 Å². The zero-order valence-electron chi connectivity index (χ0n) is 15.8. The fourth-order valence-corrected chi connectivity index (χ4v) is 4.11. The molecule has 1 saturated carbocycles. The topological polar surface area (TPSA) is 77.4 Å². The third kappa shape index (κ3) is 3.72. The molecule has 2 aromatic rings. The Balaban J connectivity index is 1.55. The summed E-state index contributed by atoms with van der Waals surface area (Å²) in [5.41, 5.74) is 0.485. The zero-order valence-corrected chi connectivity index (χ0v) is 15.8. The molecule has 2 bridgehead atoms. The molecule has 5 rings (SSSR count). The van der Waals surface area contributed by atoms with Crippen LogP contribution in [0.3, 0.4) is 0 Å². The number of ether oxygens (including phenoxy) is 4. The number of aliphatic hydroxyl groups excluding tert-OH is 1.